The Hall–Kier alpha value is -4.09. The summed E-state index contributed by atoms with van der Waals surface area (Å²) in [5.41, 5.74) is 12.6. The molecular formula is C57H79F4N3O3. The maximum absolute atomic E-state index is 13.7. The lowest BCUT2D eigenvalue weighted by molar-refractivity contribution is -0.120. The molecular weight excluding hydrogens is 851 g/mol. The predicted octanol–water partition coefficient (Wildman–Crippen LogP) is 11.5. The van der Waals surface area contributed by atoms with Crippen molar-refractivity contribution in [2.45, 2.75) is 177 Å². The minimum atomic E-state index is -0.918. The van der Waals surface area contributed by atoms with Crippen molar-refractivity contribution >= 4 is 5.91 Å². The summed E-state index contributed by atoms with van der Waals surface area (Å²) in [5.74, 6) is -2.90. The van der Waals surface area contributed by atoms with E-state index in [4.69, 9.17) is 0 Å². The van der Waals surface area contributed by atoms with Gasteiger partial charge in [-0.1, -0.05) is 86.6 Å². The molecule has 0 saturated carbocycles. The van der Waals surface area contributed by atoms with Gasteiger partial charge in [0, 0.05) is 44.2 Å². The van der Waals surface area contributed by atoms with Gasteiger partial charge in [0.1, 0.15) is 23.3 Å². The van der Waals surface area contributed by atoms with Crippen molar-refractivity contribution in [3.05, 3.63) is 140 Å². The molecule has 2 aliphatic carbocycles. The van der Waals surface area contributed by atoms with Crippen molar-refractivity contribution in [3.63, 3.8) is 0 Å². The van der Waals surface area contributed by atoms with Crippen LogP contribution in [0.2, 0.25) is 0 Å². The summed E-state index contributed by atoms with van der Waals surface area (Å²) in [5, 5.41) is 31.6. The van der Waals surface area contributed by atoms with E-state index in [0.29, 0.717) is 24.1 Å². The van der Waals surface area contributed by atoms with Crippen LogP contribution in [0.15, 0.2) is 60.7 Å². The van der Waals surface area contributed by atoms with Gasteiger partial charge in [0.05, 0.1) is 18.2 Å². The number of carbonyl (C=O) groups excluding carboxylic acids is 1. The molecule has 0 saturated heterocycles. The third-order valence-corrected chi connectivity index (χ3v) is 13.2. The zero-order chi connectivity index (χ0) is 49.2. The topological polar surface area (TPSA) is 93.6 Å². The average molecular weight is 930 g/mol. The quantitative estimate of drug-likeness (QED) is 0.0680. The number of nitrogens with one attached hydrogen (secondary N) is 3. The van der Waals surface area contributed by atoms with Crippen LogP contribution in [0, 0.1) is 40.0 Å². The van der Waals surface area contributed by atoms with Crippen LogP contribution in [0.25, 0.3) is 0 Å². The van der Waals surface area contributed by atoms with Gasteiger partial charge in [0.25, 0.3) is 0 Å². The number of hydrogen-bond acceptors (Lipinski definition) is 5. The van der Waals surface area contributed by atoms with Crippen LogP contribution in [0.5, 0.6) is 0 Å². The van der Waals surface area contributed by atoms with Crippen molar-refractivity contribution in [3.8, 4) is 0 Å². The Morgan fingerprint density at radius 2 is 1.01 bits per heavy atom. The van der Waals surface area contributed by atoms with Crippen LogP contribution in [0.4, 0.5) is 17.6 Å². The highest BCUT2D eigenvalue weighted by Gasteiger charge is 2.28. The van der Waals surface area contributed by atoms with Gasteiger partial charge >= 0.3 is 0 Å². The van der Waals surface area contributed by atoms with E-state index in [0.717, 1.165) is 76.3 Å². The van der Waals surface area contributed by atoms with Gasteiger partial charge in [-0.3, -0.25) is 4.79 Å². The highest BCUT2D eigenvalue weighted by molar-refractivity contribution is 5.73. The molecule has 368 valence electrons. The molecule has 4 aromatic rings. The Morgan fingerprint density at radius 1 is 0.612 bits per heavy atom. The van der Waals surface area contributed by atoms with E-state index in [1.165, 1.54) is 75.7 Å². The molecule has 6 atom stereocenters. The summed E-state index contributed by atoms with van der Waals surface area (Å²) in [6.45, 7) is 22.0. The maximum Gasteiger partial charge on any atom is 0.217 e. The number of hydrogen-bond donors (Lipinski definition) is 5. The lowest BCUT2D eigenvalue weighted by Crippen LogP contribution is -2.48. The predicted molar refractivity (Wildman–Crippen MR) is 264 cm³/mol. The number of fused-ring (bicyclic) bond motifs is 2. The van der Waals surface area contributed by atoms with Crippen LogP contribution in [-0.2, 0) is 56.2 Å². The lowest BCUT2D eigenvalue weighted by atomic mass is 9.80. The number of carbonyl (C=O) groups is 1. The van der Waals surface area contributed by atoms with Gasteiger partial charge in [0.2, 0.25) is 5.91 Å². The highest BCUT2D eigenvalue weighted by Crippen LogP contribution is 2.37. The molecule has 2 aliphatic rings. The van der Waals surface area contributed by atoms with E-state index >= 15 is 0 Å². The summed E-state index contributed by atoms with van der Waals surface area (Å²) < 4.78 is 54.3. The van der Waals surface area contributed by atoms with Crippen molar-refractivity contribution in [2.75, 3.05) is 13.1 Å². The number of benzene rings is 4. The van der Waals surface area contributed by atoms with Gasteiger partial charge in [-0.05, 0) is 174 Å². The molecule has 0 radical (unpaired) electrons. The van der Waals surface area contributed by atoms with Crippen molar-refractivity contribution < 1.29 is 32.6 Å². The third-order valence-electron chi connectivity index (χ3n) is 13.2. The lowest BCUT2D eigenvalue weighted by Gasteiger charge is -2.32. The van der Waals surface area contributed by atoms with E-state index in [-0.39, 0.29) is 47.7 Å². The zero-order valence-electron chi connectivity index (χ0n) is 42.0. The SMILES string of the molecule is CCc1cc(CC(C)(C)C)cc2c1CCCC2NC[C@@H](O)[C@@H](C)Cc1cc(F)cc(F)c1.CCc1cc(CC(C)(C)C)cc2c1CCCC2NC[C@@H](O)[C@H](Cc1cc(F)cc(F)c1)NC(C)=O. The van der Waals surface area contributed by atoms with Gasteiger partial charge in [-0.25, -0.2) is 17.6 Å². The largest absolute Gasteiger partial charge is 0.392 e. The van der Waals surface area contributed by atoms with Gasteiger partial charge in [-0.2, -0.15) is 0 Å². The second-order valence-corrected chi connectivity index (χ2v) is 21.9. The molecule has 0 aromatic heterocycles. The zero-order valence-corrected chi connectivity index (χ0v) is 42.0. The fourth-order valence-electron chi connectivity index (χ4n) is 10.3. The number of halogens is 4. The summed E-state index contributed by atoms with van der Waals surface area (Å²) in [4.78, 5) is 11.8. The number of aliphatic hydroxyl groups is 2. The first kappa shape index (κ1) is 53.9. The van der Waals surface area contributed by atoms with Crippen LogP contribution >= 0.6 is 0 Å². The van der Waals surface area contributed by atoms with E-state index in [1.807, 2.05) is 6.92 Å². The summed E-state index contributed by atoms with van der Waals surface area (Å²) in [6, 6.07) is 16.0. The van der Waals surface area contributed by atoms with E-state index in [2.05, 4.69) is 95.6 Å². The third kappa shape index (κ3) is 16.5. The molecule has 0 spiro atoms. The number of rotatable bonds is 17. The molecule has 2 unspecified atom stereocenters. The molecule has 0 bridgehead atoms. The smallest absolute Gasteiger partial charge is 0.217 e. The summed E-state index contributed by atoms with van der Waals surface area (Å²) in [7, 11) is 0. The molecule has 0 fully saturated rings. The van der Waals surface area contributed by atoms with Gasteiger partial charge in [0.15, 0.2) is 0 Å². The highest BCUT2D eigenvalue weighted by atomic mass is 19.1. The fourth-order valence-corrected chi connectivity index (χ4v) is 10.3. The van der Waals surface area contributed by atoms with E-state index in [9.17, 15) is 32.6 Å². The maximum atomic E-state index is 13.7. The van der Waals surface area contributed by atoms with Crippen LogP contribution in [-0.4, -0.2) is 47.5 Å². The number of aliphatic hydroxyl groups excluding tert-OH is 2. The fraction of sp³-hybridized carbons (Fsp3) is 0.561. The first-order chi connectivity index (χ1) is 31.5. The first-order valence-corrected chi connectivity index (χ1v) is 24.8. The first-order valence-electron chi connectivity index (χ1n) is 24.8. The molecule has 0 heterocycles. The minimum Gasteiger partial charge on any atom is -0.392 e. The van der Waals surface area contributed by atoms with Crippen molar-refractivity contribution in [1.82, 2.24) is 16.0 Å². The summed E-state index contributed by atoms with van der Waals surface area (Å²) in [6.07, 6.45) is 9.58. The monoisotopic (exact) mass is 930 g/mol. The molecule has 1 amide bonds. The molecule has 4 aromatic carbocycles. The molecule has 0 aliphatic heterocycles. The average Bonchev–Trinajstić information content (AvgIpc) is 3.22. The van der Waals surface area contributed by atoms with Crippen LogP contribution in [0.1, 0.15) is 163 Å². The number of amides is 1. The molecule has 6 rings (SSSR count). The summed E-state index contributed by atoms with van der Waals surface area (Å²) >= 11 is 0. The second kappa shape index (κ2) is 24.0. The van der Waals surface area contributed by atoms with E-state index < -0.39 is 41.5 Å². The Labute approximate surface area is 399 Å². The molecule has 6 nitrogen and oxygen atoms in total. The Kier molecular flexibility index (Phi) is 19.3. The Balaban J connectivity index is 0.000000252. The normalized spacial score (nSPS) is 17.9. The molecule has 5 N–H and O–H groups in total. The standard InChI is InChI=1S/C29H40F2N2O2.C28H39F2NO/c1-6-21-10-20(16-29(3,4)5)13-25-24(21)8-7-9-26(25)32-17-28(35)27(33-18(2)34)14-19-11-22(30)15-23(31)12-19;1-6-21-11-20(16-28(3,4)5)14-25-24(21)8-7-9-26(25)31-17-27(32)18(2)10-19-12-22(29)15-23(30)13-19/h10-13,15,26-28,32,35H,6-9,14,16-17H2,1-5H3,(H,33,34);11-15,18,26-27,31-32H,6-10,16-17H2,1-5H3/t26?,27-,28+;18-,26?,27+/m00/s1. The van der Waals surface area contributed by atoms with Crippen LogP contribution < -0.4 is 16.0 Å². The number of aryl methyl sites for hydroxylation is 2. The second-order valence-electron chi connectivity index (χ2n) is 21.9. The molecule has 10 heteroatoms. The Morgan fingerprint density at radius 3 is 1.40 bits per heavy atom. The van der Waals surface area contributed by atoms with Gasteiger partial charge < -0.3 is 26.2 Å². The minimum absolute atomic E-state index is 0.106. The van der Waals surface area contributed by atoms with Gasteiger partial charge in [-0.15, -0.1) is 0 Å². The van der Waals surface area contributed by atoms with Crippen molar-refractivity contribution in [2.24, 2.45) is 16.7 Å². The van der Waals surface area contributed by atoms with Crippen LogP contribution in [0.3, 0.4) is 0 Å². The van der Waals surface area contributed by atoms with Crippen molar-refractivity contribution in [1.29, 1.82) is 0 Å². The molecule has 67 heavy (non-hydrogen) atoms. The van der Waals surface area contributed by atoms with E-state index in [1.54, 1.807) is 0 Å². The Bertz CT molecular complexity index is 2230.